The molecular weight excluding hydrogens is 310 g/mol. The molecule has 0 spiro atoms. The molecule has 25 heavy (non-hydrogen) atoms. The van der Waals surface area contributed by atoms with Gasteiger partial charge in [-0.15, -0.1) is 0 Å². The average Bonchev–Trinajstić information content (AvgIpc) is 2.59. The summed E-state index contributed by atoms with van der Waals surface area (Å²) in [5.41, 5.74) is 5.91. The molecule has 2 aromatic carbocycles. The number of aryl methyl sites for hydroxylation is 4. The Morgan fingerprint density at radius 1 is 1.16 bits per heavy atom. The molecule has 0 fully saturated rings. The molecule has 0 heterocycles. The number of anilines is 2. The Labute approximate surface area is 149 Å². The summed E-state index contributed by atoms with van der Waals surface area (Å²) in [6.45, 7) is 7.97. The van der Waals surface area contributed by atoms with Crippen molar-refractivity contribution in [3.63, 3.8) is 0 Å². The van der Waals surface area contributed by atoms with E-state index in [0.717, 1.165) is 40.0 Å². The number of hydrogen-bond donors (Lipinski definition) is 2. The van der Waals surface area contributed by atoms with Gasteiger partial charge in [-0.3, -0.25) is 4.79 Å². The summed E-state index contributed by atoms with van der Waals surface area (Å²) in [6, 6.07) is 13.8. The van der Waals surface area contributed by atoms with Crippen LogP contribution in [0.3, 0.4) is 0 Å². The van der Waals surface area contributed by atoms with Crippen LogP contribution in [0.2, 0.25) is 0 Å². The molecule has 0 aromatic heterocycles. The lowest BCUT2D eigenvalue weighted by Crippen LogP contribution is -2.16. The minimum atomic E-state index is -0.418. The number of carbonyl (C=O) groups is 1. The molecule has 0 bridgehead atoms. The number of rotatable bonds is 5. The molecular formula is C21H23N3O. The second-order valence-electron chi connectivity index (χ2n) is 6.05. The Bertz CT molecular complexity index is 837. The number of benzene rings is 2. The summed E-state index contributed by atoms with van der Waals surface area (Å²) >= 11 is 0. The fraction of sp³-hybridized carbons (Fsp3) is 0.238. The van der Waals surface area contributed by atoms with Crippen molar-refractivity contribution in [2.75, 3.05) is 10.6 Å². The molecule has 0 aliphatic heterocycles. The third-order valence-electron chi connectivity index (χ3n) is 4.05. The van der Waals surface area contributed by atoms with Crippen LogP contribution in [0.15, 0.2) is 48.2 Å². The highest BCUT2D eigenvalue weighted by Crippen LogP contribution is 2.22. The molecule has 0 saturated carbocycles. The van der Waals surface area contributed by atoms with Gasteiger partial charge in [0.1, 0.15) is 11.6 Å². The van der Waals surface area contributed by atoms with Crippen molar-refractivity contribution in [1.29, 1.82) is 5.26 Å². The van der Waals surface area contributed by atoms with Gasteiger partial charge in [0, 0.05) is 17.6 Å². The summed E-state index contributed by atoms with van der Waals surface area (Å²) in [5, 5.41) is 15.3. The van der Waals surface area contributed by atoms with Crippen LogP contribution in [0, 0.1) is 32.1 Å². The largest absolute Gasteiger partial charge is 0.360 e. The SMILES string of the molecule is CCc1ccccc1N/C=C(/C#N)C(=O)Nc1c(C)cc(C)cc1C. The van der Waals surface area contributed by atoms with Crippen LogP contribution in [-0.2, 0) is 11.2 Å². The molecule has 2 aromatic rings. The molecule has 2 rings (SSSR count). The van der Waals surface area contributed by atoms with E-state index in [9.17, 15) is 10.1 Å². The Balaban J connectivity index is 2.20. The van der Waals surface area contributed by atoms with Crippen molar-refractivity contribution in [2.24, 2.45) is 0 Å². The second-order valence-corrected chi connectivity index (χ2v) is 6.05. The van der Waals surface area contributed by atoms with E-state index in [-0.39, 0.29) is 5.57 Å². The second kappa shape index (κ2) is 8.16. The summed E-state index contributed by atoms with van der Waals surface area (Å²) in [6.07, 6.45) is 2.33. The molecule has 0 aliphatic rings. The molecule has 0 saturated heterocycles. The summed E-state index contributed by atoms with van der Waals surface area (Å²) in [5.74, 6) is -0.418. The third kappa shape index (κ3) is 4.48. The zero-order valence-corrected chi connectivity index (χ0v) is 15.1. The van der Waals surface area contributed by atoms with E-state index in [2.05, 4.69) is 17.6 Å². The average molecular weight is 333 g/mol. The van der Waals surface area contributed by atoms with Gasteiger partial charge in [-0.25, -0.2) is 0 Å². The highest BCUT2D eigenvalue weighted by Gasteiger charge is 2.13. The monoisotopic (exact) mass is 333 g/mol. The predicted molar refractivity (Wildman–Crippen MR) is 102 cm³/mol. The van der Waals surface area contributed by atoms with E-state index < -0.39 is 5.91 Å². The Hall–Kier alpha value is -3.06. The topological polar surface area (TPSA) is 64.9 Å². The van der Waals surface area contributed by atoms with Crippen molar-refractivity contribution in [3.8, 4) is 6.07 Å². The maximum Gasteiger partial charge on any atom is 0.267 e. The number of para-hydroxylation sites is 1. The van der Waals surface area contributed by atoms with Crippen LogP contribution in [0.4, 0.5) is 11.4 Å². The van der Waals surface area contributed by atoms with Gasteiger partial charge in [0.15, 0.2) is 0 Å². The van der Waals surface area contributed by atoms with E-state index >= 15 is 0 Å². The number of hydrogen-bond acceptors (Lipinski definition) is 3. The van der Waals surface area contributed by atoms with E-state index in [4.69, 9.17) is 0 Å². The minimum absolute atomic E-state index is 0.0327. The number of nitrogens with zero attached hydrogens (tertiary/aromatic N) is 1. The van der Waals surface area contributed by atoms with E-state index in [1.54, 1.807) is 0 Å². The van der Waals surface area contributed by atoms with Crippen molar-refractivity contribution < 1.29 is 4.79 Å². The summed E-state index contributed by atoms with van der Waals surface area (Å²) in [4.78, 5) is 12.5. The lowest BCUT2D eigenvalue weighted by atomic mass is 10.0. The molecule has 4 heteroatoms. The molecule has 0 unspecified atom stereocenters. The number of amides is 1. The molecule has 4 nitrogen and oxygen atoms in total. The maximum atomic E-state index is 12.5. The van der Waals surface area contributed by atoms with Gasteiger partial charge in [0.2, 0.25) is 0 Å². The maximum absolute atomic E-state index is 12.5. The zero-order valence-electron chi connectivity index (χ0n) is 15.1. The van der Waals surface area contributed by atoms with Crippen LogP contribution in [0.5, 0.6) is 0 Å². The van der Waals surface area contributed by atoms with Crippen LogP contribution in [0.25, 0.3) is 0 Å². The van der Waals surface area contributed by atoms with Crippen LogP contribution >= 0.6 is 0 Å². The number of nitrogens with one attached hydrogen (secondary N) is 2. The first-order chi connectivity index (χ1) is 12.0. The first-order valence-electron chi connectivity index (χ1n) is 8.30. The zero-order chi connectivity index (χ0) is 18.4. The molecule has 0 radical (unpaired) electrons. The lowest BCUT2D eigenvalue weighted by molar-refractivity contribution is -0.112. The van der Waals surface area contributed by atoms with Gasteiger partial charge in [0.25, 0.3) is 5.91 Å². The van der Waals surface area contributed by atoms with Crippen LogP contribution in [-0.4, -0.2) is 5.91 Å². The van der Waals surface area contributed by atoms with Gasteiger partial charge in [-0.05, 0) is 49.9 Å². The molecule has 1 amide bonds. The van der Waals surface area contributed by atoms with Gasteiger partial charge in [-0.1, -0.05) is 42.8 Å². The molecule has 0 aliphatic carbocycles. The quantitative estimate of drug-likeness (QED) is 0.619. The third-order valence-corrected chi connectivity index (χ3v) is 4.05. The normalized spacial score (nSPS) is 10.9. The van der Waals surface area contributed by atoms with Crippen molar-refractivity contribution in [1.82, 2.24) is 0 Å². The van der Waals surface area contributed by atoms with Crippen molar-refractivity contribution >= 4 is 17.3 Å². The highest BCUT2D eigenvalue weighted by atomic mass is 16.1. The smallest absolute Gasteiger partial charge is 0.267 e. The highest BCUT2D eigenvalue weighted by molar-refractivity contribution is 6.07. The molecule has 128 valence electrons. The predicted octanol–water partition coefficient (Wildman–Crippen LogP) is 4.63. The van der Waals surface area contributed by atoms with Crippen LogP contribution < -0.4 is 10.6 Å². The standard InChI is InChI=1S/C21H23N3O/c1-5-17-8-6-7-9-19(17)23-13-18(12-22)21(25)24-20-15(3)10-14(2)11-16(20)4/h6-11,13,23H,5H2,1-4H3,(H,24,25)/b18-13-. The lowest BCUT2D eigenvalue weighted by Gasteiger charge is -2.13. The fourth-order valence-corrected chi connectivity index (χ4v) is 2.83. The van der Waals surface area contributed by atoms with E-state index in [0.29, 0.717) is 0 Å². The molecule has 2 N–H and O–H groups in total. The van der Waals surface area contributed by atoms with Gasteiger partial charge in [-0.2, -0.15) is 5.26 Å². The van der Waals surface area contributed by atoms with E-state index in [1.165, 1.54) is 6.20 Å². The Morgan fingerprint density at radius 3 is 2.40 bits per heavy atom. The molecule has 0 atom stereocenters. The Morgan fingerprint density at radius 2 is 1.80 bits per heavy atom. The number of nitriles is 1. The fourth-order valence-electron chi connectivity index (χ4n) is 2.83. The first kappa shape index (κ1) is 18.3. The Kier molecular flexibility index (Phi) is 5.97. The van der Waals surface area contributed by atoms with Crippen LogP contribution in [0.1, 0.15) is 29.2 Å². The summed E-state index contributed by atoms with van der Waals surface area (Å²) in [7, 11) is 0. The van der Waals surface area contributed by atoms with Crippen molar-refractivity contribution in [3.05, 3.63) is 70.4 Å². The number of carbonyl (C=O) groups excluding carboxylic acids is 1. The minimum Gasteiger partial charge on any atom is -0.360 e. The van der Waals surface area contributed by atoms with Gasteiger partial charge >= 0.3 is 0 Å². The van der Waals surface area contributed by atoms with Crippen molar-refractivity contribution in [2.45, 2.75) is 34.1 Å². The first-order valence-corrected chi connectivity index (χ1v) is 8.30. The summed E-state index contributed by atoms with van der Waals surface area (Å²) < 4.78 is 0. The van der Waals surface area contributed by atoms with E-state index in [1.807, 2.05) is 63.2 Å². The van der Waals surface area contributed by atoms with Gasteiger partial charge in [0.05, 0.1) is 0 Å². The van der Waals surface area contributed by atoms with Gasteiger partial charge < -0.3 is 10.6 Å².